The lowest BCUT2D eigenvalue weighted by molar-refractivity contribution is 0.255. The van der Waals surface area contributed by atoms with Gasteiger partial charge in [0.15, 0.2) is 17.2 Å². The van der Waals surface area contributed by atoms with Crippen molar-refractivity contribution in [1.29, 1.82) is 0 Å². The number of benzene rings is 2. The Balaban J connectivity index is 1.32. The molecule has 41 heavy (non-hydrogen) atoms. The van der Waals surface area contributed by atoms with E-state index in [2.05, 4.69) is 42.1 Å². The first kappa shape index (κ1) is 25.1. The van der Waals surface area contributed by atoms with Gasteiger partial charge in [-0.1, -0.05) is 29.7 Å². The van der Waals surface area contributed by atoms with Crippen LogP contribution < -0.4 is 10.2 Å². The van der Waals surface area contributed by atoms with E-state index in [-0.39, 0.29) is 34.3 Å². The van der Waals surface area contributed by atoms with E-state index in [1.165, 1.54) is 6.07 Å². The van der Waals surface area contributed by atoms with Crippen LogP contribution in [-0.2, 0) is 0 Å². The molecule has 4 saturated heterocycles. The van der Waals surface area contributed by atoms with Crippen LogP contribution in [0.25, 0.3) is 33.1 Å². The Hall–Kier alpha value is -3.65. The molecule has 8 nitrogen and oxygen atoms in total. The second-order valence-corrected chi connectivity index (χ2v) is 11.9. The number of fused-ring (bicyclic) bond motifs is 5. The van der Waals surface area contributed by atoms with Crippen molar-refractivity contribution in [3.63, 3.8) is 0 Å². The van der Waals surface area contributed by atoms with E-state index < -0.39 is 17.5 Å². The standard InChI is InChI=1S/C30H26ClF2N7O/c31-22-4-1-3-16-9-20(41)11-21(24(16)22)26-25(33)27-28(38-37-26)29(40-15-18-10-19(40)13-34-18)36-23(35-27)5-7-30-6-2-8-39(30)14-17(32)12-30/h1,3-4,9,11,17-19,34,41H,2,6,8,10,12-15H2/t17-,18-,19-,30-/m1/s1. The highest BCUT2D eigenvalue weighted by Crippen LogP contribution is 2.41. The van der Waals surface area contributed by atoms with Crippen LogP contribution in [-0.4, -0.2) is 80.1 Å². The molecule has 2 aromatic carbocycles. The summed E-state index contributed by atoms with van der Waals surface area (Å²) < 4.78 is 30.9. The van der Waals surface area contributed by atoms with Crippen molar-refractivity contribution in [3.8, 4) is 28.8 Å². The van der Waals surface area contributed by atoms with Crippen molar-refractivity contribution < 1.29 is 13.9 Å². The zero-order chi connectivity index (χ0) is 27.9. The summed E-state index contributed by atoms with van der Waals surface area (Å²) in [7, 11) is 0. The lowest BCUT2D eigenvalue weighted by atomic mass is 9.94. The minimum atomic E-state index is -0.912. The summed E-state index contributed by atoms with van der Waals surface area (Å²) in [5.41, 5.74) is -0.0396. The summed E-state index contributed by atoms with van der Waals surface area (Å²) in [6.07, 6.45) is 2.16. The van der Waals surface area contributed by atoms with Crippen LogP contribution in [0.15, 0.2) is 30.3 Å². The highest BCUT2D eigenvalue weighted by atomic mass is 35.5. The van der Waals surface area contributed by atoms with Crippen LogP contribution in [0.2, 0.25) is 5.02 Å². The van der Waals surface area contributed by atoms with E-state index in [0.717, 1.165) is 32.4 Å². The highest BCUT2D eigenvalue weighted by Gasteiger charge is 2.48. The molecule has 6 heterocycles. The number of halogens is 3. The Kier molecular flexibility index (Phi) is 5.62. The molecule has 0 amide bonds. The molecule has 0 aliphatic carbocycles. The summed E-state index contributed by atoms with van der Waals surface area (Å²) in [4.78, 5) is 13.6. The molecular weight excluding hydrogens is 548 g/mol. The number of aromatic hydroxyl groups is 1. The van der Waals surface area contributed by atoms with Gasteiger partial charge in [-0.25, -0.2) is 18.7 Å². The summed E-state index contributed by atoms with van der Waals surface area (Å²) in [6, 6.07) is 8.78. The Bertz CT molecular complexity index is 1810. The smallest absolute Gasteiger partial charge is 0.207 e. The van der Waals surface area contributed by atoms with Gasteiger partial charge < -0.3 is 15.3 Å². The summed E-state index contributed by atoms with van der Waals surface area (Å²) in [6.45, 7) is 2.71. The van der Waals surface area contributed by atoms with Crippen molar-refractivity contribution in [1.82, 2.24) is 30.4 Å². The van der Waals surface area contributed by atoms with Gasteiger partial charge in [0, 0.05) is 54.1 Å². The molecule has 208 valence electrons. The fraction of sp³-hybridized carbons (Fsp3) is 0.400. The van der Waals surface area contributed by atoms with Crippen LogP contribution in [0.5, 0.6) is 5.75 Å². The molecular formula is C30H26ClF2N7O. The first-order valence-corrected chi connectivity index (χ1v) is 14.3. The number of alkyl halides is 1. The zero-order valence-electron chi connectivity index (χ0n) is 22.0. The van der Waals surface area contributed by atoms with E-state index >= 15 is 4.39 Å². The first-order chi connectivity index (χ1) is 19.9. The maximum absolute atomic E-state index is 16.5. The molecule has 0 spiro atoms. The minimum Gasteiger partial charge on any atom is -0.508 e. The van der Waals surface area contributed by atoms with E-state index in [1.54, 1.807) is 24.3 Å². The van der Waals surface area contributed by atoms with Gasteiger partial charge in [-0.3, -0.25) is 4.90 Å². The van der Waals surface area contributed by atoms with E-state index in [1.807, 2.05) is 0 Å². The van der Waals surface area contributed by atoms with Gasteiger partial charge >= 0.3 is 0 Å². The highest BCUT2D eigenvalue weighted by molar-refractivity contribution is 6.36. The lowest BCUT2D eigenvalue weighted by Crippen LogP contribution is -2.44. The molecule has 4 atom stereocenters. The average molecular weight is 574 g/mol. The Labute approximate surface area is 239 Å². The summed E-state index contributed by atoms with van der Waals surface area (Å²) in [5, 5.41) is 24.2. The van der Waals surface area contributed by atoms with Crippen molar-refractivity contribution in [2.45, 2.75) is 49.5 Å². The zero-order valence-corrected chi connectivity index (χ0v) is 22.8. The molecule has 4 aliphatic heterocycles. The van der Waals surface area contributed by atoms with Gasteiger partial charge in [-0.05, 0) is 55.3 Å². The van der Waals surface area contributed by atoms with Gasteiger partial charge in [-0.2, -0.15) is 0 Å². The quantitative estimate of drug-likeness (QED) is 0.345. The molecule has 4 aliphatic rings. The number of anilines is 1. The number of phenolic OH excluding ortho intramolecular Hbond substituents is 1. The normalized spacial score (nSPS) is 27.1. The molecule has 2 N–H and O–H groups in total. The van der Waals surface area contributed by atoms with Gasteiger partial charge in [0.1, 0.15) is 23.1 Å². The number of rotatable bonds is 2. The Morgan fingerprint density at radius 2 is 2.05 bits per heavy atom. The molecule has 0 saturated carbocycles. The second-order valence-electron chi connectivity index (χ2n) is 11.5. The maximum atomic E-state index is 16.5. The van der Waals surface area contributed by atoms with Crippen LogP contribution in [0.1, 0.15) is 31.5 Å². The maximum Gasteiger partial charge on any atom is 0.207 e. The predicted molar refractivity (Wildman–Crippen MR) is 152 cm³/mol. The average Bonchev–Trinajstić information content (AvgIpc) is 3.73. The molecule has 4 aromatic rings. The third-order valence-corrected chi connectivity index (χ3v) is 9.35. The van der Waals surface area contributed by atoms with Crippen molar-refractivity contribution >= 4 is 39.2 Å². The topological polar surface area (TPSA) is 90.3 Å². The van der Waals surface area contributed by atoms with Crippen molar-refractivity contribution in [2.75, 3.05) is 31.1 Å². The number of nitrogens with zero attached hydrogens (tertiary/aromatic N) is 6. The molecule has 11 heteroatoms. The van der Waals surface area contributed by atoms with E-state index in [9.17, 15) is 9.50 Å². The Morgan fingerprint density at radius 1 is 1.15 bits per heavy atom. The molecule has 0 unspecified atom stereocenters. The van der Waals surface area contributed by atoms with Crippen LogP contribution in [0.3, 0.4) is 0 Å². The lowest BCUT2D eigenvalue weighted by Gasteiger charge is -2.29. The van der Waals surface area contributed by atoms with Gasteiger partial charge in [-0.15, -0.1) is 10.2 Å². The van der Waals surface area contributed by atoms with Gasteiger partial charge in [0.2, 0.25) is 5.82 Å². The van der Waals surface area contributed by atoms with Crippen molar-refractivity contribution in [3.05, 3.63) is 47.0 Å². The molecule has 8 rings (SSSR count). The number of nitrogens with one attached hydrogen (secondary N) is 1. The fourth-order valence-corrected chi connectivity index (χ4v) is 7.50. The number of hydrogen-bond acceptors (Lipinski definition) is 8. The number of piperazine rings is 1. The molecule has 0 radical (unpaired) electrons. The van der Waals surface area contributed by atoms with E-state index in [0.29, 0.717) is 52.7 Å². The van der Waals surface area contributed by atoms with Gasteiger partial charge in [0.25, 0.3) is 0 Å². The van der Waals surface area contributed by atoms with Crippen molar-refractivity contribution in [2.24, 2.45) is 0 Å². The van der Waals surface area contributed by atoms with Gasteiger partial charge in [0.05, 0.1) is 5.54 Å². The fourth-order valence-electron chi connectivity index (χ4n) is 7.21. The molecule has 2 bridgehead atoms. The molecule has 2 aromatic heterocycles. The number of phenols is 1. The third-order valence-electron chi connectivity index (χ3n) is 9.03. The van der Waals surface area contributed by atoms with Crippen LogP contribution >= 0.6 is 11.6 Å². The largest absolute Gasteiger partial charge is 0.508 e. The SMILES string of the molecule is Oc1cc(-c2nnc3c(N4C[C@H]5C[C@@H]4CN5)nc(C#C[C@@]45CCCN4C[C@H](F)C5)nc3c2F)c2c(Cl)cccc2c1. The second kappa shape index (κ2) is 9.18. The minimum absolute atomic E-state index is 0.000790. The van der Waals surface area contributed by atoms with Crippen LogP contribution in [0.4, 0.5) is 14.6 Å². The monoisotopic (exact) mass is 573 g/mol. The van der Waals surface area contributed by atoms with E-state index in [4.69, 9.17) is 16.6 Å². The number of hydrogen-bond donors (Lipinski definition) is 2. The summed E-state index contributed by atoms with van der Waals surface area (Å²) in [5.74, 6) is 6.33. The molecule has 4 fully saturated rings. The predicted octanol–water partition coefficient (Wildman–Crippen LogP) is 4.22. The van der Waals surface area contributed by atoms with Crippen LogP contribution in [0, 0.1) is 17.7 Å². The first-order valence-electron chi connectivity index (χ1n) is 14.0. The Morgan fingerprint density at radius 3 is 2.88 bits per heavy atom. The third kappa shape index (κ3) is 3.94. The number of aromatic nitrogens is 4. The summed E-state index contributed by atoms with van der Waals surface area (Å²) >= 11 is 6.53.